The van der Waals surface area contributed by atoms with E-state index in [0.29, 0.717) is 5.69 Å². The Morgan fingerprint density at radius 1 is 1.15 bits per heavy atom. The molecule has 0 saturated carbocycles. The molecule has 0 spiro atoms. The normalized spacial score (nSPS) is 13.3. The number of para-hydroxylation sites is 1. The van der Waals surface area contributed by atoms with Gasteiger partial charge in [-0.2, -0.15) is 5.10 Å². The molecule has 0 bridgehead atoms. The SMILES string of the molecule is Cc1ccc2c(c1)CCCN2C(=O)c1ccn(COc2ccccc2)n1. The maximum absolute atomic E-state index is 12.9. The molecule has 26 heavy (non-hydrogen) atoms. The average molecular weight is 347 g/mol. The molecule has 5 nitrogen and oxygen atoms in total. The number of aromatic nitrogens is 2. The molecule has 4 rings (SSSR count). The molecule has 0 fully saturated rings. The summed E-state index contributed by atoms with van der Waals surface area (Å²) in [5.41, 5.74) is 3.90. The monoisotopic (exact) mass is 347 g/mol. The van der Waals surface area contributed by atoms with E-state index in [1.54, 1.807) is 16.9 Å². The van der Waals surface area contributed by atoms with Crippen molar-refractivity contribution in [2.75, 3.05) is 11.4 Å². The van der Waals surface area contributed by atoms with E-state index in [1.807, 2.05) is 41.3 Å². The van der Waals surface area contributed by atoms with Crippen molar-refractivity contribution in [3.05, 3.63) is 77.6 Å². The first-order valence-corrected chi connectivity index (χ1v) is 8.83. The van der Waals surface area contributed by atoms with Gasteiger partial charge in [-0.1, -0.05) is 35.9 Å². The fourth-order valence-corrected chi connectivity index (χ4v) is 3.28. The Kier molecular flexibility index (Phi) is 4.44. The number of anilines is 1. The minimum Gasteiger partial charge on any atom is -0.471 e. The molecule has 0 atom stereocenters. The highest BCUT2D eigenvalue weighted by Crippen LogP contribution is 2.29. The van der Waals surface area contributed by atoms with Crippen LogP contribution >= 0.6 is 0 Å². The van der Waals surface area contributed by atoms with E-state index in [0.717, 1.165) is 30.8 Å². The topological polar surface area (TPSA) is 47.4 Å². The molecule has 0 aliphatic carbocycles. The van der Waals surface area contributed by atoms with Crippen molar-refractivity contribution in [1.29, 1.82) is 0 Å². The lowest BCUT2D eigenvalue weighted by Gasteiger charge is -2.29. The van der Waals surface area contributed by atoms with Crippen LogP contribution in [0.2, 0.25) is 0 Å². The first kappa shape index (κ1) is 16.4. The Labute approximate surface area is 152 Å². The number of aryl methyl sites for hydroxylation is 2. The summed E-state index contributed by atoms with van der Waals surface area (Å²) in [5, 5.41) is 4.39. The molecule has 0 radical (unpaired) electrons. The lowest BCUT2D eigenvalue weighted by molar-refractivity contribution is 0.0978. The molecular formula is C21H21N3O2. The minimum absolute atomic E-state index is 0.0618. The second kappa shape index (κ2) is 7.04. The van der Waals surface area contributed by atoms with Crippen LogP contribution in [0.5, 0.6) is 5.75 Å². The Balaban J connectivity index is 1.49. The van der Waals surface area contributed by atoms with Crippen molar-refractivity contribution in [3.63, 3.8) is 0 Å². The van der Waals surface area contributed by atoms with E-state index in [-0.39, 0.29) is 12.6 Å². The van der Waals surface area contributed by atoms with Gasteiger partial charge in [-0.25, -0.2) is 4.68 Å². The maximum Gasteiger partial charge on any atom is 0.278 e. The van der Waals surface area contributed by atoms with Gasteiger partial charge in [0.2, 0.25) is 0 Å². The summed E-state index contributed by atoms with van der Waals surface area (Å²) in [5.74, 6) is 0.712. The average Bonchev–Trinajstić information content (AvgIpc) is 3.15. The summed E-state index contributed by atoms with van der Waals surface area (Å²) < 4.78 is 7.31. The molecule has 1 aliphatic heterocycles. The predicted molar refractivity (Wildman–Crippen MR) is 100 cm³/mol. The summed E-state index contributed by atoms with van der Waals surface area (Å²) in [6, 6.07) is 17.6. The number of hydrogen-bond acceptors (Lipinski definition) is 3. The van der Waals surface area contributed by atoms with Crippen LogP contribution in [0.15, 0.2) is 60.8 Å². The first-order valence-electron chi connectivity index (χ1n) is 8.83. The van der Waals surface area contributed by atoms with Gasteiger partial charge >= 0.3 is 0 Å². The molecule has 3 aromatic rings. The summed E-state index contributed by atoms with van der Waals surface area (Å²) in [7, 11) is 0. The van der Waals surface area contributed by atoms with Crippen LogP contribution < -0.4 is 9.64 Å². The number of benzene rings is 2. The van der Waals surface area contributed by atoms with E-state index in [1.165, 1.54) is 11.1 Å². The van der Waals surface area contributed by atoms with Crippen LogP contribution in [0.25, 0.3) is 0 Å². The summed E-state index contributed by atoms with van der Waals surface area (Å²) in [6.45, 7) is 3.07. The summed E-state index contributed by atoms with van der Waals surface area (Å²) in [6.07, 6.45) is 3.76. The number of ether oxygens (including phenoxy) is 1. The zero-order chi connectivity index (χ0) is 17.9. The van der Waals surface area contributed by atoms with Crippen molar-refractivity contribution in [2.24, 2.45) is 0 Å². The largest absolute Gasteiger partial charge is 0.471 e. The molecule has 1 aromatic heterocycles. The highest BCUT2D eigenvalue weighted by Gasteiger charge is 2.25. The highest BCUT2D eigenvalue weighted by molar-refractivity contribution is 6.05. The van der Waals surface area contributed by atoms with Gasteiger partial charge in [0.25, 0.3) is 5.91 Å². The Morgan fingerprint density at radius 3 is 2.85 bits per heavy atom. The third kappa shape index (κ3) is 3.33. The quantitative estimate of drug-likeness (QED) is 0.721. The number of rotatable bonds is 4. The third-order valence-electron chi connectivity index (χ3n) is 4.57. The highest BCUT2D eigenvalue weighted by atomic mass is 16.5. The van der Waals surface area contributed by atoms with Gasteiger partial charge in [0.1, 0.15) is 5.75 Å². The lowest BCUT2D eigenvalue weighted by atomic mass is 9.99. The molecule has 2 heterocycles. The molecule has 1 aliphatic rings. The van der Waals surface area contributed by atoms with Gasteiger partial charge in [0.15, 0.2) is 12.4 Å². The van der Waals surface area contributed by atoms with Crippen LogP contribution in [-0.4, -0.2) is 22.2 Å². The van der Waals surface area contributed by atoms with E-state index >= 15 is 0 Å². The summed E-state index contributed by atoms with van der Waals surface area (Å²) in [4.78, 5) is 14.8. The minimum atomic E-state index is -0.0618. The van der Waals surface area contributed by atoms with Crippen molar-refractivity contribution < 1.29 is 9.53 Å². The first-order chi connectivity index (χ1) is 12.7. The van der Waals surface area contributed by atoms with E-state index in [9.17, 15) is 4.79 Å². The van der Waals surface area contributed by atoms with Gasteiger partial charge in [0, 0.05) is 18.4 Å². The van der Waals surface area contributed by atoms with Crippen molar-refractivity contribution >= 4 is 11.6 Å². The Morgan fingerprint density at radius 2 is 2.00 bits per heavy atom. The van der Waals surface area contributed by atoms with Crippen molar-refractivity contribution in [1.82, 2.24) is 9.78 Å². The van der Waals surface area contributed by atoms with Gasteiger partial charge in [-0.15, -0.1) is 0 Å². The van der Waals surface area contributed by atoms with Gasteiger partial charge in [-0.3, -0.25) is 4.79 Å². The van der Waals surface area contributed by atoms with E-state index < -0.39 is 0 Å². The fourth-order valence-electron chi connectivity index (χ4n) is 3.28. The van der Waals surface area contributed by atoms with Crippen LogP contribution in [0.1, 0.15) is 28.0 Å². The molecule has 5 heteroatoms. The second-order valence-corrected chi connectivity index (χ2v) is 6.52. The molecule has 0 N–H and O–H groups in total. The molecule has 2 aromatic carbocycles. The fraction of sp³-hybridized carbons (Fsp3) is 0.238. The van der Waals surface area contributed by atoms with Gasteiger partial charge < -0.3 is 9.64 Å². The maximum atomic E-state index is 12.9. The van der Waals surface area contributed by atoms with Gasteiger partial charge in [-0.05, 0) is 49.6 Å². The number of carbonyl (C=O) groups is 1. The zero-order valence-electron chi connectivity index (χ0n) is 14.8. The zero-order valence-corrected chi connectivity index (χ0v) is 14.8. The number of fused-ring (bicyclic) bond motifs is 1. The van der Waals surface area contributed by atoms with Crippen LogP contribution in [-0.2, 0) is 13.2 Å². The molecule has 0 unspecified atom stereocenters. The number of hydrogen-bond donors (Lipinski definition) is 0. The Hall–Kier alpha value is -3.08. The number of nitrogens with zero attached hydrogens (tertiary/aromatic N) is 3. The third-order valence-corrected chi connectivity index (χ3v) is 4.57. The lowest BCUT2D eigenvalue weighted by Crippen LogP contribution is -2.35. The van der Waals surface area contributed by atoms with Crippen LogP contribution in [0.4, 0.5) is 5.69 Å². The van der Waals surface area contributed by atoms with Crippen LogP contribution in [0, 0.1) is 6.92 Å². The van der Waals surface area contributed by atoms with Crippen molar-refractivity contribution in [3.8, 4) is 5.75 Å². The second-order valence-electron chi connectivity index (χ2n) is 6.52. The predicted octanol–water partition coefficient (Wildman–Crippen LogP) is 3.82. The molecule has 132 valence electrons. The smallest absolute Gasteiger partial charge is 0.278 e. The molecular weight excluding hydrogens is 326 g/mol. The molecule has 0 saturated heterocycles. The van der Waals surface area contributed by atoms with Crippen molar-refractivity contribution in [2.45, 2.75) is 26.5 Å². The van der Waals surface area contributed by atoms with E-state index in [2.05, 4.69) is 24.2 Å². The molecule has 1 amide bonds. The number of amides is 1. The summed E-state index contributed by atoms with van der Waals surface area (Å²) >= 11 is 0. The van der Waals surface area contributed by atoms with Crippen LogP contribution in [0.3, 0.4) is 0 Å². The van der Waals surface area contributed by atoms with E-state index in [4.69, 9.17) is 4.74 Å². The Bertz CT molecular complexity index is 918. The van der Waals surface area contributed by atoms with Gasteiger partial charge in [0.05, 0.1) is 0 Å². The standard InChI is InChI=1S/C21H21N3O2/c1-16-9-10-20-17(14-16)6-5-12-24(20)21(25)19-11-13-23(22-19)15-26-18-7-3-2-4-8-18/h2-4,7-11,13-14H,5-6,12,15H2,1H3. The number of carbonyl (C=O) groups excluding carboxylic acids is 1.